The van der Waals surface area contributed by atoms with E-state index in [0.717, 1.165) is 25.9 Å². The zero-order valence-electron chi connectivity index (χ0n) is 12.2. The molecular weight excluding hydrogens is 280 g/mol. The Balaban J connectivity index is 1.95. The first-order valence-electron chi connectivity index (χ1n) is 7.47. The van der Waals surface area contributed by atoms with Crippen LogP contribution in [-0.2, 0) is 6.42 Å². The molecule has 3 nitrogen and oxygen atoms in total. The molecule has 0 radical (unpaired) electrons. The second kappa shape index (κ2) is 6.31. The summed E-state index contributed by atoms with van der Waals surface area (Å²) in [7, 11) is 0. The highest BCUT2D eigenvalue weighted by Crippen LogP contribution is 2.37. The maximum Gasteiger partial charge on any atom is 0.318 e. The lowest BCUT2D eigenvalue weighted by Gasteiger charge is -2.36. The third-order valence-electron chi connectivity index (χ3n) is 3.87. The fourth-order valence-corrected chi connectivity index (χ4v) is 3.77. The number of thiophene rings is 1. The molecule has 0 spiro atoms. The SMILES string of the molecule is CCCNC(=O)N1CCc2sccc2[C@H]1c1ccccc1. The molecule has 0 bridgehead atoms. The summed E-state index contributed by atoms with van der Waals surface area (Å²) in [5.41, 5.74) is 2.47. The Morgan fingerprint density at radius 1 is 1.33 bits per heavy atom. The number of hydrogen-bond acceptors (Lipinski definition) is 2. The Morgan fingerprint density at radius 2 is 2.14 bits per heavy atom. The van der Waals surface area contributed by atoms with Gasteiger partial charge in [-0.2, -0.15) is 0 Å². The van der Waals surface area contributed by atoms with E-state index in [2.05, 4.69) is 35.8 Å². The van der Waals surface area contributed by atoms with Gasteiger partial charge in [-0.25, -0.2) is 4.79 Å². The fraction of sp³-hybridized carbons (Fsp3) is 0.353. The molecule has 2 aromatic rings. The number of fused-ring (bicyclic) bond motifs is 1. The van der Waals surface area contributed by atoms with Crippen LogP contribution < -0.4 is 5.32 Å². The zero-order chi connectivity index (χ0) is 14.7. The number of carbonyl (C=O) groups is 1. The number of urea groups is 1. The fourth-order valence-electron chi connectivity index (χ4n) is 2.86. The smallest absolute Gasteiger partial charge is 0.318 e. The van der Waals surface area contributed by atoms with E-state index in [1.807, 2.05) is 23.1 Å². The molecule has 1 aliphatic heterocycles. The Labute approximate surface area is 129 Å². The van der Waals surface area contributed by atoms with Crippen molar-refractivity contribution in [1.82, 2.24) is 10.2 Å². The van der Waals surface area contributed by atoms with Gasteiger partial charge in [0.05, 0.1) is 6.04 Å². The number of nitrogens with zero attached hydrogens (tertiary/aromatic N) is 1. The van der Waals surface area contributed by atoms with E-state index in [4.69, 9.17) is 0 Å². The molecule has 4 heteroatoms. The average Bonchev–Trinajstić information content (AvgIpc) is 3.01. The van der Waals surface area contributed by atoms with Crippen LogP contribution in [0, 0.1) is 0 Å². The standard InChI is InChI=1S/C17H20N2OS/c1-2-10-18-17(20)19-11-8-15-14(9-12-21-15)16(19)13-6-4-3-5-7-13/h3-7,9,12,16H,2,8,10-11H2,1H3,(H,18,20)/t16-/m1/s1. The van der Waals surface area contributed by atoms with Gasteiger partial charge in [0.1, 0.15) is 0 Å². The predicted octanol–water partition coefficient (Wildman–Crippen LogP) is 3.82. The summed E-state index contributed by atoms with van der Waals surface area (Å²) in [6.07, 6.45) is 1.91. The van der Waals surface area contributed by atoms with Gasteiger partial charge in [-0.1, -0.05) is 37.3 Å². The zero-order valence-corrected chi connectivity index (χ0v) is 13.0. The highest BCUT2D eigenvalue weighted by molar-refractivity contribution is 7.10. The average molecular weight is 300 g/mol. The number of rotatable bonds is 3. The van der Waals surface area contributed by atoms with Crippen molar-refractivity contribution in [3.05, 3.63) is 57.8 Å². The van der Waals surface area contributed by atoms with Gasteiger partial charge in [0.25, 0.3) is 0 Å². The molecule has 0 saturated carbocycles. The number of carbonyl (C=O) groups excluding carboxylic acids is 1. The van der Waals surface area contributed by atoms with Crippen LogP contribution in [0.1, 0.15) is 35.4 Å². The number of amides is 2. The molecule has 0 unspecified atom stereocenters. The molecule has 1 N–H and O–H groups in total. The molecule has 3 rings (SSSR count). The second-order valence-electron chi connectivity index (χ2n) is 5.29. The second-order valence-corrected chi connectivity index (χ2v) is 6.29. The number of nitrogens with one attached hydrogen (secondary N) is 1. The van der Waals surface area contributed by atoms with E-state index < -0.39 is 0 Å². The Morgan fingerprint density at radius 3 is 2.90 bits per heavy atom. The Bertz CT molecular complexity index is 608. The molecular formula is C17H20N2OS. The molecule has 2 amide bonds. The van der Waals surface area contributed by atoms with Gasteiger partial charge in [-0.15, -0.1) is 11.3 Å². The molecule has 1 aromatic carbocycles. The summed E-state index contributed by atoms with van der Waals surface area (Å²) in [6, 6.07) is 12.6. The van der Waals surface area contributed by atoms with E-state index >= 15 is 0 Å². The highest BCUT2D eigenvalue weighted by Gasteiger charge is 2.32. The van der Waals surface area contributed by atoms with Gasteiger partial charge in [0.2, 0.25) is 0 Å². The first-order chi connectivity index (χ1) is 10.3. The minimum atomic E-state index is 0.0399. The van der Waals surface area contributed by atoms with Crippen molar-refractivity contribution in [2.45, 2.75) is 25.8 Å². The number of hydrogen-bond donors (Lipinski definition) is 1. The summed E-state index contributed by atoms with van der Waals surface area (Å²) in [5, 5.41) is 5.15. The van der Waals surface area contributed by atoms with E-state index in [1.165, 1.54) is 16.0 Å². The summed E-state index contributed by atoms with van der Waals surface area (Å²) in [5.74, 6) is 0. The monoisotopic (exact) mass is 300 g/mol. The van der Waals surface area contributed by atoms with Crippen molar-refractivity contribution < 1.29 is 4.79 Å². The third kappa shape index (κ3) is 2.81. The van der Waals surface area contributed by atoms with E-state index in [9.17, 15) is 4.79 Å². The van der Waals surface area contributed by atoms with Crippen LogP contribution in [0.5, 0.6) is 0 Å². The first-order valence-corrected chi connectivity index (χ1v) is 8.35. The molecule has 1 atom stereocenters. The van der Waals surface area contributed by atoms with E-state index in [0.29, 0.717) is 0 Å². The normalized spacial score (nSPS) is 17.4. The summed E-state index contributed by atoms with van der Waals surface area (Å²) in [4.78, 5) is 15.9. The van der Waals surface area contributed by atoms with Crippen LogP contribution in [0.15, 0.2) is 41.8 Å². The quantitative estimate of drug-likeness (QED) is 0.918. The lowest BCUT2D eigenvalue weighted by Crippen LogP contribution is -2.45. The topological polar surface area (TPSA) is 32.3 Å². The van der Waals surface area contributed by atoms with Gasteiger partial charge in [0.15, 0.2) is 0 Å². The van der Waals surface area contributed by atoms with Crippen molar-refractivity contribution in [3.8, 4) is 0 Å². The van der Waals surface area contributed by atoms with Crippen LogP contribution >= 0.6 is 11.3 Å². The molecule has 0 saturated heterocycles. The minimum absolute atomic E-state index is 0.0399. The van der Waals surface area contributed by atoms with Gasteiger partial charge < -0.3 is 10.2 Å². The van der Waals surface area contributed by atoms with Crippen LogP contribution in [0.2, 0.25) is 0 Å². The van der Waals surface area contributed by atoms with Crippen LogP contribution in [-0.4, -0.2) is 24.0 Å². The van der Waals surface area contributed by atoms with Crippen molar-refractivity contribution in [3.63, 3.8) is 0 Å². The molecule has 1 aliphatic rings. The molecule has 0 aliphatic carbocycles. The summed E-state index contributed by atoms with van der Waals surface area (Å²) >= 11 is 1.80. The van der Waals surface area contributed by atoms with Gasteiger partial charge in [0, 0.05) is 18.0 Å². The van der Waals surface area contributed by atoms with Crippen LogP contribution in [0.3, 0.4) is 0 Å². The van der Waals surface area contributed by atoms with Gasteiger partial charge in [-0.05, 0) is 35.4 Å². The van der Waals surface area contributed by atoms with Gasteiger partial charge in [-0.3, -0.25) is 0 Å². The van der Waals surface area contributed by atoms with Crippen molar-refractivity contribution >= 4 is 17.4 Å². The van der Waals surface area contributed by atoms with Crippen molar-refractivity contribution in [1.29, 1.82) is 0 Å². The van der Waals surface area contributed by atoms with E-state index in [1.54, 1.807) is 11.3 Å². The minimum Gasteiger partial charge on any atom is -0.338 e. The Hall–Kier alpha value is -1.81. The molecule has 110 valence electrons. The highest BCUT2D eigenvalue weighted by atomic mass is 32.1. The van der Waals surface area contributed by atoms with E-state index in [-0.39, 0.29) is 12.1 Å². The number of benzene rings is 1. The van der Waals surface area contributed by atoms with Crippen molar-refractivity contribution in [2.75, 3.05) is 13.1 Å². The van der Waals surface area contributed by atoms with Crippen LogP contribution in [0.4, 0.5) is 4.79 Å². The molecule has 1 aromatic heterocycles. The first kappa shape index (κ1) is 14.1. The lowest BCUT2D eigenvalue weighted by atomic mass is 9.93. The van der Waals surface area contributed by atoms with Crippen LogP contribution in [0.25, 0.3) is 0 Å². The van der Waals surface area contributed by atoms with Crippen molar-refractivity contribution in [2.24, 2.45) is 0 Å². The molecule has 2 heterocycles. The molecule has 0 fully saturated rings. The van der Waals surface area contributed by atoms with Gasteiger partial charge >= 0.3 is 6.03 Å². The maximum atomic E-state index is 12.5. The summed E-state index contributed by atoms with van der Waals surface area (Å²) in [6.45, 7) is 3.58. The predicted molar refractivity (Wildman–Crippen MR) is 86.7 cm³/mol. The summed E-state index contributed by atoms with van der Waals surface area (Å²) < 4.78 is 0. The lowest BCUT2D eigenvalue weighted by molar-refractivity contribution is 0.181. The molecule has 21 heavy (non-hydrogen) atoms. The maximum absolute atomic E-state index is 12.5. The Kier molecular flexibility index (Phi) is 4.25. The largest absolute Gasteiger partial charge is 0.338 e. The third-order valence-corrected chi connectivity index (χ3v) is 4.86.